The van der Waals surface area contributed by atoms with Gasteiger partial charge in [0, 0.05) is 32.1 Å². The van der Waals surface area contributed by atoms with Crippen molar-refractivity contribution >= 4 is 27.5 Å². The van der Waals surface area contributed by atoms with Crippen LogP contribution in [0.3, 0.4) is 0 Å². The molecule has 1 aliphatic rings. The number of sulfonamides is 1. The largest absolute Gasteiger partial charge is 0.495 e. The number of likely N-dealkylation sites (tertiary alicyclic amines) is 1. The molecule has 9 heteroatoms. The van der Waals surface area contributed by atoms with E-state index in [-0.39, 0.29) is 34.9 Å². The van der Waals surface area contributed by atoms with Gasteiger partial charge >= 0.3 is 0 Å². The van der Waals surface area contributed by atoms with Gasteiger partial charge in [0.1, 0.15) is 5.75 Å². The third kappa shape index (κ3) is 4.47. The second-order valence-corrected chi connectivity index (χ2v) is 8.92. The van der Waals surface area contributed by atoms with E-state index in [2.05, 4.69) is 5.32 Å². The summed E-state index contributed by atoms with van der Waals surface area (Å²) in [5.41, 5.74) is 0.274. The van der Waals surface area contributed by atoms with Gasteiger partial charge in [0.05, 0.1) is 23.6 Å². The molecule has 2 amide bonds. The molecule has 1 aromatic rings. The van der Waals surface area contributed by atoms with Gasteiger partial charge in [-0.15, -0.1) is 0 Å². The molecule has 1 fully saturated rings. The number of methoxy groups -OCH3 is 1. The van der Waals surface area contributed by atoms with E-state index in [1.807, 2.05) is 13.8 Å². The Morgan fingerprint density at radius 3 is 2.46 bits per heavy atom. The molecule has 1 unspecified atom stereocenters. The molecule has 28 heavy (non-hydrogen) atoms. The molecule has 1 aliphatic heterocycles. The number of amides is 2. The zero-order valence-corrected chi connectivity index (χ0v) is 17.9. The van der Waals surface area contributed by atoms with E-state index < -0.39 is 15.9 Å². The summed E-state index contributed by atoms with van der Waals surface area (Å²) >= 11 is 0. The third-order valence-corrected chi connectivity index (χ3v) is 6.97. The number of carbonyl (C=O) groups excluding carboxylic acids is 2. The van der Waals surface area contributed by atoms with Crippen LogP contribution in [-0.4, -0.2) is 62.2 Å². The highest BCUT2D eigenvalue weighted by molar-refractivity contribution is 7.89. The second-order valence-electron chi connectivity index (χ2n) is 6.98. The van der Waals surface area contributed by atoms with Crippen molar-refractivity contribution in [2.75, 3.05) is 32.1 Å². The number of nitrogens with one attached hydrogen (secondary N) is 1. The van der Waals surface area contributed by atoms with Crippen molar-refractivity contribution in [1.82, 2.24) is 9.21 Å². The molecule has 0 spiro atoms. The first-order valence-electron chi connectivity index (χ1n) is 9.44. The smallest absolute Gasteiger partial charge is 0.243 e. The minimum Gasteiger partial charge on any atom is -0.495 e. The zero-order valence-electron chi connectivity index (χ0n) is 17.1. The lowest BCUT2D eigenvalue weighted by Gasteiger charge is -2.21. The number of anilines is 1. The summed E-state index contributed by atoms with van der Waals surface area (Å²) < 4.78 is 32.2. The Morgan fingerprint density at radius 1 is 1.32 bits per heavy atom. The van der Waals surface area contributed by atoms with Gasteiger partial charge in [0.15, 0.2) is 0 Å². The molecule has 1 N–H and O–H groups in total. The van der Waals surface area contributed by atoms with Gasteiger partial charge in [-0.1, -0.05) is 13.8 Å². The van der Waals surface area contributed by atoms with Crippen molar-refractivity contribution < 1.29 is 22.7 Å². The van der Waals surface area contributed by atoms with Crippen LogP contribution in [0.5, 0.6) is 5.75 Å². The summed E-state index contributed by atoms with van der Waals surface area (Å²) in [5, 5.41) is 2.75. The Hall–Kier alpha value is -2.13. The fraction of sp³-hybridized carbons (Fsp3) is 0.579. The summed E-state index contributed by atoms with van der Waals surface area (Å²) in [6, 6.07) is 4.41. The standard InChI is InChI=1S/C19H29N3O5S/c1-6-21(7-2)28(25,26)15-8-9-17(27-5)16(11-15)20-19(24)14-10-18(23)22(12-14)13(3)4/h8-9,11,13-14H,6-7,10,12H2,1-5H3,(H,20,24). The summed E-state index contributed by atoms with van der Waals surface area (Å²) in [4.78, 5) is 26.5. The number of hydrogen-bond acceptors (Lipinski definition) is 5. The Bertz CT molecular complexity index is 834. The molecule has 8 nitrogen and oxygen atoms in total. The fourth-order valence-corrected chi connectivity index (χ4v) is 4.78. The molecule has 2 rings (SSSR count). The monoisotopic (exact) mass is 411 g/mol. The van der Waals surface area contributed by atoms with Crippen LogP contribution in [0, 0.1) is 5.92 Å². The first kappa shape index (κ1) is 22.2. The van der Waals surface area contributed by atoms with Crippen LogP contribution in [0.4, 0.5) is 5.69 Å². The van der Waals surface area contributed by atoms with E-state index in [4.69, 9.17) is 4.74 Å². The molecule has 156 valence electrons. The topological polar surface area (TPSA) is 96.0 Å². The number of ether oxygens (including phenoxy) is 1. The van der Waals surface area contributed by atoms with Crippen molar-refractivity contribution in [3.8, 4) is 5.75 Å². The number of rotatable bonds is 8. The molecular formula is C19H29N3O5S. The number of hydrogen-bond donors (Lipinski definition) is 1. The summed E-state index contributed by atoms with van der Waals surface area (Å²) in [5.74, 6) is -0.508. The average molecular weight is 412 g/mol. The van der Waals surface area contributed by atoms with Gasteiger partial charge in [-0.05, 0) is 32.0 Å². The first-order valence-corrected chi connectivity index (χ1v) is 10.9. The number of carbonyl (C=O) groups is 2. The summed E-state index contributed by atoms with van der Waals surface area (Å²) in [7, 11) is -2.22. The van der Waals surface area contributed by atoms with Crippen LogP contribution in [0.2, 0.25) is 0 Å². The van der Waals surface area contributed by atoms with Gasteiger partial charge in [0.25, 0.3) is 0 Å². The SMILES string of the molecule is CCN(CC)S(=O)(=O)c1ccc(OC)c(NC(=O)C2CC(=O)N(C(C)C)C2)c1. The van der Waals surface area contributed by atoms with Gasteiger partial charge < -0.3 is 15.0 Å². The van der Waals surface area contributed by atoms with Crippen LogP contribution in [0.1, 0.15) is 34.1 Å². The minimum atomic E-state index is -3.67. The Balaban J connectivity index is 2.28. The van der Waals surface area contributed by atoms with Crippen molar-refractivity contribution in [3.63, 3.8) is 0 Å². The lowest BCUT2D eigenvalue weighted by atomic mass is 10.1. The van der Waals surface area contributed by atoms with Gasteiger partial charge in [0.2, 0.25) is 21.8 Å². The van der Waals surface area contributed by atoms with Crippen LogP contribution < -0.4 is 10.1 Å². The molecule has 1 aromatic carbocycles. The lowest BCUT2D eigenvalue weighted by molar-refractivity contribution is -0.129. The molecule has 0 aromatic heterocycles. The van der Waals surface area contributed by atoms with Crippen LogP contribution >= 0.6 is 0 Å². The highest BCUT2D eigenvalue weighted by Gasteiger charge is 2.36. The number of benzene rings is 1. The summed E-state index contributed by atoms with van der Waals surface area (Å²) in [6.45, 7) is 8.40. The van der Waals surface area contributed by atoms with E-state index in [0.717, 1.165) is 0 Å². The van der Waals surface area contributed by atoms with E-state index in [1.165, 1.54) is 29.6 Å². The Morgan fingerprint density at radius 2 is 1.96 bits per heavy atom. The Kier molecular flexibility index (Phi) is 7.06. The molecule has 1 atom stereocenters. The van der Waals surface area contributed by atoms with Crippen LogP contribution in [-0.2, 0) is 19.6 Å². The highest BCUT2D eigenvalue weighted by atomic mass is 32.2. The molecule has 0 aliphatic carbocycles. The van der Waals surface area contributed by atoms with Crippen molar-refractivity contribution in [3.05, 3.63) is 18.2 Å². The predicted octanol–water partition coefficient (Wildman–Crippen LogP) is 1.92. The van der Waals surface area contributed by atoms with Crippen LogP contribution in [0.15, 0.2) is 23.1 Å². The normalized spacial score (nSPS) is 17.5. The van der Waals surface area contributed by atoms with Crippen molar-refractivity contribution in [1.29, 1.82) is 0 Å². The van der Waals surface area contributed by atoms with Crippen molar-refractivity contribution in [2.24, 2.45) is 5.92 Å². The van der Waals surface area contributed by atoms with E-state index in [0.29, 0.717) is 25.4 Å². The van der Waals surface area contributed by atoms with Gasteiger partial charge in [-0.3, -0.25) is 9.59 Å². The van der Waals surface area contributed by atoms with E-state index in [9.17, 15) is 18.0 Å². The third-order valence-electron chi connectivity index (χ3n) is 4.92. The van der Waals surface area contributed by atoms with Crippen LogP contribution in [0.25, 0.3) is 0 Å². The maximum Gasteiger partial charge on any atom is 0.243 e. The van der Waals surface area contributed by atoms with E-state index in [1.54, 1.807) is 18.7 Å². The molecule has 1 saturated heterocycles. The maximum atomic E-state index is 12.8. The predicted molar refractivity (Wildman–Crippen MR) is 107 cm³/mol. The minimum absolute atomic E-state index is 0.0300. The van der Waals surface area contributed by atoms with E-state index >= 15 is 0 Å². The molecule has 0 radical (unpaired) electrons. The zero-order chi connectivity index (χ0) is 21.1. The number of nitrogens with zero attached hydrogens (tertiary/aromatic N) is 2. The average Bonchev–Trinajstić information content (AvgIpc) is 3.04. The van der Waals surface area contributed by atoms with Gasteiger partial charge in [-0.2, -0.15) is 4.31 Å². The molecule has 0 saturated carbocycles. The highest BCUT2D eigenvalue weighted by Crippen LogP contribution is 2.30. The fourth-order valence-electron chi connectivity index (χ4n) is 3.30. The van der Waals surface area contributed by atoms with Crippen molar-refractivity contribution in [2.45, 2.75) is 45.1 Å². The second kappa shape index (κ2) is 8.91. The van der Waals surface area contributed by atoms with Gasteiger partial charge in [-0.25, -0.2) is 8.42 Å². The molecule has 0 bridgehead atoms. The molecule has 1 heterocycles. The Labute approximate surface area is 166 Å². The quantitative estimate of drug-likeness (QED) is 0.705. The first-order chi connectivity index (χ1) is 13.1. The molecular weight excluding hydrogens is 382 g/mol. The summed E-state index contributed by atoms with van der Waals surface area (Å²) in [6.07, 6.45) is 0.143. The lowest BCUT2D eigenvalue weighted by Crippen LogP contribution is -2.33. The maximum absolute atomic E-state index is 12.8.